The summed E-state index contributed by atoms with van der Waals surface area (Å²) in [6.07, 6.45) is 3.04. The molecule has 4 nitrogen and oxygen atoms in total. The summed E-state index contributed by atoms with van der Waals surface area (Å²) in [6, 6.07) is 3.27. The molecule has 0 aliphatic heterocycles. The molecule has 6 heteroatoms. The fourth-order valence-corrected chi connectivity index (χ4v) is 2.65. The lowest BCUT2D eigenvalue weighted by Gasteiger charge is -2.12. The second kappa shape index (κ2) is 5.90. The summed E-state index contributed by atoms with van der Waals surface area (Å²) in [4.78, 5) is 4.23. The summed E-state index contributed by atoms with van der Waals surface area (Å²) in [5.74, 6) is 0. The van der Waals surface area contributed by atoms with E-state index in [1.807, 2.05) is 14.0 Å². The molecule has 0 amide bonds. The highest BCUT2D eigenvalue weighted by molar-refractivity contribution is 6.32. The van der Waals surface area contributed by atoms with Gasteiger partial charge >= 0.3 is 0 Å². The third-order valence-electron chi connectivity index (χ3n) is 3.05. The van der Waals surface area contributed by atoms with Crippen LogP contribution in [0.1, 0.15) is 30.0 Å². The molecule has 19 heavy (non-hydrogen) atoms. The third-order valence-corrected chi connectivity index (χ3v) is 3.81. The highest BCUT2D eigenvalue weighted by Gasteiger charge is 2.19. The van der Waals surface area contributed by atoms with E-state index in [1.54, 1.807) is 23.0 Å². The number of nitrogens with two attached hydrogens (primary N) is 1. The van der Waals surface area contributed by atoms with Crippen LogP contribution in [0, 0.1) is 0 Å². The molecule has 0 spiro atoms. The molecular weight excluding hydrogens is 283 g/mol. The average Bonchev–Trinajstić information content (AvgIpc) is 2.66. The van der Waals surface area contributed by atoms with Crippen molar-refractivity contribution in [2.75, 3.05) is 0 Å². The highest BCUT2D eigenvalue weighted by Crippen LogP contribution is 2.27. The van der Waals surface area contributed by atoms with Crippen molar-refractivity contribution >= 4 is 23.2 Å². The second-order valence-electron chi connectivity index (χ2n) is 4.37. The maximum absolute atomic E-state index is 6.31. The van der Waals surface area contributed by atoms with Crippen LogP contribution in [0.25, 0.3) is 0 Å². The van der Waals surface area contributed by atoms with Crippen molar-refractivity contribution in [1.82, 2.24) is 14.8 Å². The lowest BCUT2D eigenvalue weighted by atomic mass is 10.1. The van der Waals surface area contributed by atoms with E-state index >= 15 is 0 Å². The number of nitrogens with zero attached hydrogens (tertiary/aromatic N) is 3. The Morgan fingerprint density at radius 1 is 1.42 bits per heavy atom. The van der Waals surface area contributed by atoms with Crippen molar-refractivity contribution in [2.45, 2.75) is 25.8 Å². The molecular formula is C13H16Cl2N4. The number of halogens is 2. The van der Waals surface area contributed by atoms with Crippen molar-refractivity contribution in [1.29, 1.82) is 0 Å². The monoisotopic (exact) mass is 298 g/mol. The lowest BCUT2D eigenvalue weighted by Crippen LogP contribution is -2.17. The quantitative estimate of drug-likeness (QED) is 0.944. The highest BCUT2D eigenvalue weighted by atomic mass is 35.5. The molecule has 2 heterocycles. The first-order chi connectivity index (χ1) is 9.04. The number of hydrogen-bond acceptors (Lipinski definition) is 3. The molecule has 0 bridgehead atoms. The molecule has 0 aliphatic rings. The van der Waals surface area contributed by atoms with Crippen molar-refractivity contribution in [3.8, 4) is 0 Å². The first kappa shape index (κ1) is 14.3. The van der Waals surface area contributed by atoms with Crippen LogP contribution in [-0.2, 0) is 19.9 Å². The zero-order valence-electron chi connectivity index (χ0n) is 10.9. The summed E-state index contributed by atoms with van der Waals surface area (Å²) in [7, 11) is 1.87. The number of aromatic nitrogens is 3. The number of rotatable bonds is 4. The molecule has 2 N–H and O–H groups in total. The van der Waals surface area contributed by atoms with Crippen LogP contribution in [0.3, 0.4) is 0 Å². The van der Waals surface area contributed by atoms with Crippen LogP contribution >= 0.6 is 23.2 Å². The zero-order valence-corrected chi connectivity index (χ0v) is 12.4. The standard InChI is InChI=1S/C13H16Cl2N4/c1-3-10-12(15)11(19(2)18-10)7-9(16)13-8(14)5-4-6-17-13/h4-6,9H,3,7,16H2,1-2H3. The third kappa shape index (κ3) is 2.91. The Bertz CT molecular complexity index is 580. The van der Waals surface area contributed by atoms with Gasteiger partial charge in [-0.05, 0) is 18.6 Å². The van der Waals surface area contributed by atoms with E-state index in [0.717, 1.165) is 17.8 Å². The molecule has 2 rings (SSSR count). The van der Waals surface area contributed by atoms with Crippen molar-refractivity contribution in [3.63, 3.8) is 0 Å². The molecule has 2 aromatic rings. The van der Waals surface area contributed by atoms with Gasteiger partial charge in [-0.3, -0.25) is 9.67 Å². The summed E-state index contributed by atoms with van der Waals surface area (Å²) < 4.78 is 1.78. The van der Waals surface area contributed by atoms with Gasteiger partial charge in [-0.25, -0.2) is 0 Å². The van der Waals surface area contributed by atoms with E-state index in [-0.39, 0.29) is 6.04 Å². The molecule has 102 valence electrons. The normalized spacial score (nSPS) is 12.7. The lowest BCUT2D eigenvalue weighted by molar-refractivity contribution is 0.627. The van der Waals surface area contributed by atoms with Crippen LogP contribution in [-0.4, -0.2) is 14.8 Å². The molecule has 1 unspecified atom stereocenters. The fraction of sp³-hybridized carbons (Fsp3) is 0.385. The van der Waals surface area contributed by atoms with Gasteiger partial charge in [0, 0.05) is 19.7 Å². The molecule has 0 fully saturated rings. The Labute approximate surface area is 122 Å². The minimum atomic E-state index is -0.300. The minimum Gasteiger partial charge on any atom is -0.322 e. The second-order valence-corrected chi connectivity index (χ2v) is 5.15. The van der Waals surface area contributed by atoms with Crippen LogP contribution in [0.2, 0.25) is 10.0 Å². The van der Waals surface area contributed by atoms with Gasteiger partial charge in [0.25, 0.3) is 0 Å². The molecule has 0 aliphatic carbocycles. The first-order valence-corrected chi connectivity index (χ1v) is 6.86. The van der Waals surface area contributed by atoms with E-state index in [4.69, 9.17) is 28.9 Å². The molecule has 0 aromatic carbocycles. The van der Waals surface area contributed by atoms with Crippen LogP contribution < -0.4 is 5.73 Å². The Balaban J connectivity index is 2.27. The maximum Gasteiger partial charge on any atom is 0.0850 e. The molecule has 0 saturated heterocycles. The van der Waals surface area contributed by atoms with Gasteiger partial charge in [0.2, 0.25) is 0 Å². The van der Waals surface area contributed by atoms with Crippen LogP contribution in [0.4, 0.5) is 0 Å². The summed E-state index contributed by atoms with van der Waals surface area (Å²) in [5, 5.41) is 5.63. The predicted octanol–water partition coefficient (Wildman–Crippen LogP) is 2.93. The van der Waals surface area contributed by atoms with Crippen molar-refractivity contribution in [3.05, 3.63) is 45.5 Å². The topological polar surface area (TPSA) is 56.7 Å². The van der Waals surface area contributed by atoms with E-state index in [9.17, 15) is 0 Å². The van der Waals surface area contributed by atoms with Gasteiger partial charge in [-0.2, -0.15) is 5.10 Å². The maximum atomic E-state index is 6.31. The van der Waals surface area contributed by atoms with Crippen LogP contribution in [0.15, 0.2) is 18.3 Å². The van der Waals surface area contributed by atoms with Crippen LogP contribution in [0.5, 0.6) is 0 Å². The van der Waals surface area contributed by atoms with E-state index in [0.29, 0.717) is 22.2 Å². The predicted molar refractivity (Wildman–Crippen MR) is 77.5 cm³/mol. The van der Waals surface area contributed by atoms with E-state index in [2.05, 4.69) is 10.1 Å². The number of aryl methyl sites for hydroxylation is 2. The van der Waals surface area contributed by atoms with Gasteiger partial charge < -0.3 is 5.73 Å². The smallest absolute Gasteiger partial charge is 0.0850 e. The Morgan fingerprint density at radius 2 is 2.16 bits per heavy atom. The van der Waals surface area contributed by atoms with E-state index in [1.165, 1.54) is 0 Å². The van der Waals surface area contributed by atoms with Crippen molar-refractivity contribution in [2.24, 2.45) is 12.8 Å². The first-order valence-electron chi connectivity index (χ1n) is 6.10. The molecule has 0 radical (unpaired) electrons. The van der Waals surface area contributed by atoms with Gasteiger partial charge in [-0.1, -0.05) is 30.1 Å². The van der Waals surface area contributed by atoms with Gasteiger partial charge in [0.05, 0.1) is 33.2 Å². The summed E-state index contributed by atoms with van der Waals surface area (Å²) >= 11 is 12.4. The Hall–Kier alpha value is -1.10. The largest absolute Gasteiger partial charge is 0.322 e. The summed E-state index contributed by atoms with van der Waals surface area (Å²) in [6.45, 7) is 2.02. The Morgan fingerprint density at radius 3 is 2.74 bits per heavy atom. The molecule has 1 atom stereocenters. The Kier molecular flexibility index (Phi) is 4.45. The van der Waals surface area contributed by atoms with Crippen molar-refractivity contribution < 1.29 is 0 Å². The van der Waals surface area contributed by atoms with Gasteiger partial charge in [0.15, 0.2) is 0 Å². The molecule has 2 aromatic heterocycles. The summed E-state index contributed by atoms with van der Waals surface area (Å²) in [5.41, 5.74) is 8.65. The fourth-order valence-electron chi connectivity index (χ4n) is 2.02. The number of hydrogen-bond donors (Lipinski definition) is 1. The zero-order chi connectivity index (χ0) is 14.0. The van der Waals surface area contributed by atoms with Gasteiger partial charge in [0.1, 0.15) is 0 Å². The van der Waals surface area contributed by atoms with E-state index < -0.39 is 0 Å². The number of pyridine rings is 1. The minimum absolute atomic E-state index is 0.300. The van der Waals surface area contributed by atoms with Gasteiger partial charge in [-0.15, -0.1) is 0 Å². The average molecular weight is 299 g/mol. The SMILES string of the molecule is CCc1nn(C)c(CC(N)c2ncccc2Cl)c1Cl. The molecule has 0 saturated carbocycles.